The van der Waals surface area contributed by atoms with Crippen LogP contribution in [0.25, 0.3) is 0 Å². The summed E-state index contributed by atoms with van der Waals surface area (Å²) in [7, 11) is 2.27. The van der Waals surface area contributed by atoms with E-state index in [-0.39, 0.29) is 0 Å². The molecule has 20 heavy (non-hydrogen) atoms. The molecule has 0 saturated carbocycles. The summed E-state index contributed by atoms with van der Waals surface area (Å²) in [6, 6.07) is 7.99. The number of rotatable bonds is 5. The third-order valence-corrected chi connectivity index (χ3v) is 5.38. The van der Waals surface area contributed by atoms with Crippen molar-refractivity contribution in [3.05, 3.63) is 34.9 Å². The number of thioether (sulfide) groups is 1. The van der Waals surface area contributed by atoms with Crippen LogP contribution in [0.4, 0.5) is 0 Å². The van der Waals surface area contributed by atoms with Crippen LogP contribution in [0, 0.1) is 13.8 Å². The van der Waals surface area contributed by atoms with Gasteiger partial charge in [0.05, 0.1) is 0 Å². The minimum atomic E-state index is 0.451. The Labute approximate surface area is 128 Å². The summed E-state index contributed by atoms with van der Waals surface area (Å²) in [4.78, 5) is 2.53. The van der Waals surface area contributed by atoms with Gasteiger partial charge in [0.2, 0.25) is 0 Å². The molecule has 0 aliphatic carbocycles. The molecule has 0 bridgehead atoms. The summed E-state index contributed by atoms with van der Waals surface area (Å²) in [5.41, 5.74) is 4.23. The molecule has 1 aromatic rings. The van der Waals surface area contributed by atoms with Crippen LogP contribution in [0.1, 0.15) is 36.1 Å². The number of hydrogen-bond acceptors (Lipinski definition) is 3. The maximum absolute atomic E-state index is 3.78. The van der Waals surface area contributed by atoms with Gasteiger partial charge in [0.15, 0.2) is 0 Å². The third kappa shape index (κ3) is 3.78. The Morgan fingerprint density at radius 1 is 1.35 bits per heavy atom. The van der Waals surface area contributed by atoms with Crippen LogP contribution in [0.2, 0.25) is 0 Å². The minimum Gasteiger partial charge on any atom is -0.309 e. The van der Waals surface area contributed by atoms with Crippen molar-refractivity contribution in [3.63, 3.8) is 0 Å². The molecule has 2 nitrogen and oxygen atoms in total. The van der Waals surface area contributed by atoms with Gasteiger partial charge in [-0.1, -0.05) is 25.1 Å². The fraction of sp³-hybridized carbons (Fsp3) is 0.647. The minimum absolute atomic E-state index is 0.451. The van der Waals surface area contributed by atoms with Crippen LogP contribution in [-0.4, -0.2) is 42.6 Å². The summed E-state index contributed by atoms with van der Waals surface area (Å²) in [5, 5.41) is 3.78. The van der Waals surface area contributed by atoms with Crippen molar-refractivity contribution < 1.29 is 0 Å². The Balaban J connectivity index is 2.23. The van der Waals surface area contributed by atoms with E-state index in [1.807, 2.05) is 0 Å². The number of hydrogen-bond donors (Lipinski definition) is 1. The lowest BCUT2D eigenvalue weighted by molar-refractivity contribution is 0.215. The van der Waals surface area contributed by atoms with Gasteiger partial charge in [0, 0.05) is 30.1 Å². The van der Waals surface area contributed by atoms with E-state index in [1.165, 1.54) is 41.2 Å². The van der Waals surface area contributed by atoms with E-state index in [2.05, 4.69) is 68.0 Å². The molecule has 0 spiro atoms. The monoisotopic (exact) mass is 292 g/mol. The highest BCUT2D eigenvalue weighted by Gasteiger charge is 2.28. The number of nitrogens with zero attached hydrogens (tertiary/aromatic N) is 1. The third-order valence-electron chi connectivity index (χ3n) is 4.33. The number of aryl methyl sites for hydroxylation is 2. The summed E-state index contributed by atoms with van der Waals surface area (Å²) < 4.78 is 0. The molecule has 2 rings (SSSR count). The van der Waals surface area contributed by atoms with E-state index in [4.69, 9.17) is 0 Å². The fourth-order valence-corrected chi connectivity index (χ4v) is 4.06. The van der Waals surface area contributed by atoms with Crippen molar-refractivity contribution in [1.29, 1.82) is 0 Å². The van der Waals surface area contributed by atoms with E-state index in [9.17, 15) is 0 Å². The standard InChI is InChI=1S/C17H28N2S/c1-5-8-18-17(16-12-20-10-9-19(16)4)15-7-6-13(2)14(3)11-15/h6-7,11,16-18H,5,8-10,12H2,1-4H3. The van der Waals surface area contributed by atoms with E-state index in [1.54, 1.807) is 0 Å². The highest BCUT2D eigenvalue weighted by Crippen LogP contribution is 2.28. The summed E-state index contributed by atoms with van der Waals surface area (Å²) >= 11 is 2.09. The molecular weight excluding hydrogens is 264 g/mol. The SMILES string of the molecule is CCCNC(c1ccc(C)c(C)c1)C1CSCCN1C. The summed E-state index contributed by atoms with van der Waals surface area (Å²) in [6.45, 7) is 8.94. The van der Waals surface area contributed by atoms with Crippen LogP contribution < -0.4 is 5.32 Å². The van der Waals surface area contributed by atoms with Gasteiger partial charge in [-0.25, -0.2) is 0 Å². The van der Waals surface area contributed by atoms with Crippen molar-refractivity contribution in [2.75, 3.05) is 31.6 Å². The Hall–Kier alpha value is -0.510. The average molecular weight is 292 g/mol. The van der Waals surface area contributed by atoms with Crippen molar-refractivity contribution in [1.82, 2.24) is 10.2 Å². The first-order chi connectivity index (χ1) is 9.63. The predicted octanol–water partition coefficient (Wildman–Crippen LogP) is 3.39. The molecule has 1 heterocycles. The van der Waals surface area contributed by atoms with Crippen molar-refractivity contribution in [3.8, 4) is 0 Å². The van der Waals surface area contributed by atoms with E-state index in [0.717, 1.165) is 6.54 Å². The maximum Gasteiger partial charge on any atom is 0.0486 e. The molecule has 1 aliphatic rings. The van der Waals surface area contributed by atoms with Gasteiger partial charge in [0.1, 0.15) is 0 Å². The molecule has 1 aliphatic heterocycles. The topological polar surface area (TPSA) is 15.3 Å². The van der Waals surface area contributed by atoms with Gasteiger partial charge < -0.3 is 5.32 Å². The quantitative estimate of drug-likeness (QED) is 0.895. The second-order valence-electron chi connectivity index (χ2n) is 5.90. The molecule has 0 radical (unpaired) electrons. The van der Waals surface area contributed by atoms with Gasteiger partial charge in [-0.05, 0) is 50.6 Å². The second kappa shape index (κ2) is 7.48. The predicted molar refractivity (Wildman–Crippen MR) is 90.7 cm³/mol. The zero-order valence-corrected chi connectivity index (χ0v) is 14.1. The largest absolute Gasteiger partial charge is 0.309 e. The molecule has 1 saturated heterocycles. The van der Waals surface area contributed by atoms with Gasteiger partial charge >= 0.3 is 0 Å². The zero-order chi connectivity index (χ0) is 14.5. The smallest absolute Gasteiger partial charge is 0.0486 e. The lowest BCUT2D eigenvalue weighted by Crippen LogP contribution is -2.48. The van der Waals surface area contributed by atoms with Crippen LogP contribution in [0.5, 0.6) is 0 Å². The maximum atomic E-state index is 3.78. The molecule has 1 N–H and O–H groups in total. The van der Waals surface area contributed by atoms with Crippen molar-refractivity contribution >= 4 is 11.8 Å². The van der Waals surface area contributed by atoms with Gasteiger partial charge in [-0.2, -0.15) is 11.8 Å². The van der Waals surface area contributed by atoms with Crippen molar-refractivity contribution in [2.45, 2.75) is 39.3 Å². The Morgan fingerprint density at radius 3 is 2.80 bits per heavy atom. The molecule has 0 amide bonds. The molecule has 2 atom stereocenters. The van der Waals surface area contributed by atoms with Crippen molar-refractivity contribution in [2.24, 2.45) is 0 Å². The molecule has 1 aromatic carbocycles. The lowest BCUT2D eigenvalue weighted by atomic mass is 9.95. The van der Waals surface area contributed by atoms with Crippen LogP contribution in [0.15, 0.2) is 18.2 Å². The second-order valence-corrected chi connectivity index (χ2v) is 7.05. The lowest BCUT2D eigenvalue weighted by Gasteiger charge is -2.38. The molecule has 3 heteroatoms. The van der Waals surface area contributed by atoms with Crippen LogP contribution in [-0.2, 0) is 0 Å². The normalized spacial score (nSPS) is 21.9. The first-order valence-corrected chi connectivity index (χ1v) is 8.87. The zero-order valence-electron chi connectivity index (χ0n) is 13.3. The van der Waals surface area contributed by atoms with Gasteiger partial charge in [-0.15, -0.1) is 0 Å². The molecule has 0 aromatic heterocycles. The average Bonchev–Trinajstić information content (AvgIpc) is 2.44. The highest BCUT2D eigenvalue weighted by atomic mass is 32.2. The molecule has 112 valence electrons. The van der Waals surface area contributed by atoms with Gasteiger partial charge in [0.25, 0.3) is 0 Å². The molecular formula is C17H28N2S. The molecule has 1 fully saturated rings. The van der Waals surface area contributed by atoms with Crippen LogP contribution >= 0.6 is 11.8 Å². The first-order valence-electron chi connectivity index (χ1n) is 7.72. The highest BCUT2D eigenvalue weighted by molar-refractivity contribution is 7.99. The Morgan fingerprint density at radius 2 is 2.15 bits per heavy atom. The Kier molecular flexibility index (Phi) is 5.94. The van der Waals surface area contributed by atoms with E-state index in [0.29, 0.717) is 12.1 Å². The first kappa shape index (κ1) is 15.9. The Bertz CT molecular complexity index is 433. The number of benzene rings is 1. The summed E-state index contributed by atoms with van der Waals surface area (Å²) in [5.74, 6) is 2.49. The summed E-state index contributed by atoms with van der Waals surface area (Å²) in [6.07, 6.45) is 1.19. The van der Waals surface area contributed by atoms with E-state index >= 15 is 0 Å². The van der Waals surface area contributed by atoms with Crippen LogP contribution in [0.3, 0.4) is 0 Å². The van der Waals surface area contributed by atoms with E-state index < -0.39 is 0 Å². The molecule has 2 unspecified atom stereocenters. The van der Waals surface area contributed by atoms with Gasteiger partial charge in [-0.3, -0.25) is 4.90 Å². The number of likely N-dealkylation sites (N-methyl/N-ethyl adjacent to an activating group) is 1. The fourth-order valence-electron chi connectivity index (χ4n) is 2.79. The number of nitrogens with one attached hydrogen (secondary N) is 1.